The zero-order valence-corrected chi connectivity index (χ0v) is 25.6. The molecule has 5 rings (SSSR count). The van der Waals surface area contributed by atoms with Gasteiger partial charge in [0, 0.05) is 24.9 Å². The van der Waals surface area contributed by atoms with Crippen molar-refractivity contribution in [1.29, 1.82) is 0 Å². The summed E-state index contributed by atoms with van der Waals surface area (Å²) in [5.41, 5.74) is 7.26. The Morgan fingerprint density at radius 3 is 1.83 bits per heavy atom. The van der Waals surface area contributed by atoms with Gasteiger partial charge < -0.3 is 25.8 Å². The first-order chi connectivity index (χ1) is 21.9. The smallest absolute Gasteiger partial charge is 0.481 e. The first-order valence-electron chi connectivity index (χ1n) is 14.2. The molecule has 0 bridgehead atoms. The number of benzene rings is 5. The van der Waals surface area contributed by atoms with Crippen molar-refractivity contribution in [3.63, 3.8) is 0 Å². The molecule has 0 spiro atoms. The predicted octanol–water partition coefficient (Wildman–Crippen LogP) is 5.79. The first kappa shape index (κ1) is 35.3. The van der Waals surface area contributed by atoms with Gasteiger partial charge in [0.25, 0.3) is 0 Å². The standard InChI is InChI=1S/C14H17NO5.C10H9N.C10H9O4P/c16-12(7-4-8-13(17)18)15-11(14(19)20)9-10-5-2-1-3-6-10;11-10-6-5-8-3-1-2-4-9(8)7-10;11-15(12,13)14-10-6-5-8-3-1-2-4-9(8)7-10/h1-3,5-6,11H,4,7-9H2,(H,15,16)(H,17,18)(H,19,20);1-7H,11H2;1-7H,(H2,11,12,13)/t11-;;/m0../s1. The van der Waals surface area contributed by atoms with E-state index in [0.717, 1.165) is 22.0 Å². The molecule has 0 fully saturated rings. The van der Waals surface area contributed by atoms with Gasteiger partial charge >= 0.3 is 19.8 Å². The molecule has 11 nitrogen and oxygen atoms in total. The minimum atomic E-state index is -4.47. The number of phosphoric ester groups is 1. The molecule has 0 aliphatic rings. The van der Waals surface area contributed by atoms with Crippen LogP contribution in [0.4, 0.5) is 5.69 Å². The maximum Gasteiger partial charge on any atom is 0.524 e. The molecule has 0 aliphatic carbocycles. The molecule has 0 aromatic heterocycles. The second-order valence-corrected chi connectivity index (χ2v) is 11.3. The average Bonchev–Trinajstić information content (AvgIpc) is 3.01. The average molecular weight is 647 g/mol. The van der Waals surface area contributed by atoms with Crippen LogP contribution in [-0.2, 0) is 25.4 Å². The third-order valence-electron chi connectivity index (χ3n) is 6.43. The summed E-state index contributed by atoms with van der Waals surface area (Å²) in [7, 11) is -4.47. The lowest BCUT2D eigenvalue weighted by molar-refractivity contribution is -0.142. The Labute approximate surface area is 265 Å². The van der Waals surface area contributed by atoms with E-state index in [-0.39, 0.29) is 31.4 Å². The second kappa shape index (κ2) is 17.3. The maximum absolute atomic E-state index is 11.6. The Hall–Kier alpha value is -5.22. The molecule has 5 aromatic carbocycles. The van der Waals surface area contributed by atoms with Gasteiger partial charge in [-0.2, -0.15) is 0 Å². The van der Waals surface area contributed by atoms with Gasteiger partial charge in [-0.25, -0.2) is 9.36 Å². The molecular formula is C34H35N2O9P. The van der Waals surface area contributed by atoms with Crippen molar-refractivity contribution in [1.82, 2.24) is 5.32 Å². The number of nitrogens with one attached hydrogen (secondary N) is 1. The van der Waals surface area contributed by atoms with Crippen LogP contribution in [0.15, 0.2) is 115 Å². The summed E-state index contributed by atoms with van der Waals surface area (Å²) in [5.74, 6) is -2.37. The van der Waals surface area contributed by atoms with Crippen LogP contribution in [0, 0.1) is 0 Å². The van der Waals surface area contributed by atoms with Crippen LogP contribution < -0.4 is 15.6 Å². The molecule has 0 saturated carbocycles. The van der Waals surface area contributed by atoms with E-state index < -0.39 is 31.7 Å². The number of phosphoric acid groups is 1. The molecule has 46 heavy (non-hydrogen) atoms. The number of amides is 1. The summed E-state index contributed by atoms with van der Waals surface area (Å²) >= 11 is 0. The van der Waals surface area contributed by atoms with E-state index in [2.05, 4.69) is 22.0 Å². The van der Waals surface area contributed by atoms with Crippen LogP contribution >= 0.6 is 7.82 Å². The van der Waals surface area contributed by atoms with E-state index in [0.29, 0.717) is 0 Å². The highest BCUT2D eigenvalue weighted by atomic mass is 31.2. The highest BCUT2D eigenvalue weighted by molar-refractivity contribution is 7.46. The summed E-state index contributed by atoms with van der Waals surface area (Å²) in [6.45, 7) is 0. The van der Waals surface area contributed by atoms with Crippen molar-refractivity contribution in [2.45, 2.75) is 31.7 Å². The number of carboxylic acids is 2. The highest BCUT2D eigenvalue weighted by Gasteiger charge is 2.20. The van der Waals surface area contributed by atoms with Crippen molar-refractivity contribution in [3.05, 3.63) is 121 Å². The van der Waals surface area contributed by atoms with E-state index in [1.807, 2.05) is 60.7 Å². The molecule has 0 saturated heterocycles. The van der Waals surface area contributed by atoms with Crippen molar-refractivity contribution < 1.29 is 43.5 Å². The van der Waals surface area contributed by atoms with Crippen molar-refractivity contribution in [3.8, 4) is 5.75 Å². The second-order valence-electron chi connectivity index (χ2n) is 10.1. The number of carboxylic acid groups (broad SMARTS) is 2. The number of carbonyl (C=O) groups excluding carboxylic acids is 1. The predicted molar refractivity (Wildman–Crippen MR) is 176 cm³/mol. The van der Waals surface area contributed by atoms with Crippen molar-refractivity contribution in [2.24, 2.45) is 0 Å². The quantitative estimate of drug-likeness (QED) is 0.0798. The van der Waals surface area contributed by atoms with Gasteiger partial charge in [0.05, 0.1) is 0 Å². The fraction of sp³-hybridized carbons (Fsp3) is 0.147. The SMILES string of the molecule is Nc1ccc2ccccc2c1.O=C(O)CCCC(=O)N[C@@H](Cc1ccccc1)C(=O)O.O=P(O)(O)Oc1ccc2ccccc2c1. The van der Waals surface area contributed by atoms with Gasteiger partial charge in [0.1, 0.15) is 11.8 Å². The van der Waals surface area contributed by atoms with E-state index in [1.54, 1.807) is 36.4 Å². The first-order valence-corrected chi connectivity index (χ1v) is 15.7. The minimum absolute atomic E-state index is 0.00483. The van der Waals surface area contributed by atoms with Crippen molar-refractivity contribution in [2.75, 3.05) is 5.73 Å². The Balaban J connectivity index is 0.000000195. The summed E-state index contributed by atoms with van der Waals surface area (Å²) in [4.78, 5) is 50.3. The third-order valence-corrected chi connectivity index (χ3v) is 6.88. The number of nitrogens with two attached hydrogens (primary N) is 1. The molecule has 0 aliphatic heterocycles. The highest BCUT2D eigenvalue weighted by Crippen LogP contribution is 2.38. The molecule has 1 amide bonds. The third kappa shape index (κ3) is 12.8. The Bertz CT molecular complexity index is 1810. The van der Waals surface area contributed by atoms with Crippen LogP contribution in [0.2, 0.25) is 0 Å². The van der Waals surface area contributed by atoms with E-state index in [4.69, 9.17) is 25.7 Å². The molecule has 0 unspecified atom stereocenters. The van der Waals surface area contributed by atoms with E-state index >= 15 is 0 Å². The number of anilines is 1. The Kier molecular flexibility index (Phi) is 13.3. The molecule has 5 aromatic rings. The zero-order valence-electron chi connectivity index (χ0n) is 24.7. The fourth-order valence-electron chi connectivity index (χ4n) is 4.29. The molecule has 0 heterocycles. The summed E-state index contributed by atoms with van der Waals surface area (Å²) in [6.07, 6.45) is 0.286. The number of nitrogen functional groups attached to an aromatic ring is 1. The van der Waals surface area contributed by atoms with Gasteiger partial charge in [0.15, 0.2) is 0 Å². The lowest BCUT2D eigenvalue weighted by Gasteiger charge is -2.14. The summed E-state index contributed by atoms with van der Waals surface area (Å²) in [5, 5.41) is 24.3. The van der Waals surface area contributed by atoms with E-state index in [1.165, 1.54) is 16.8 Å². The monoisotopic (exact) mass is 646 g/mol. The molecule has 1 atom stereocenters. The summed E-state index contributed by atoms with van der Waals surface area (Å²) < 4.78 is 15.1. The van der Waals surface area contributed by atoms with Crippen LogP contribution in [0.1, 0.15) is 24.8 Å². The minimum Gasteiger partial charge on any atom is -0.481 e. The number of carbonyl (C=O) groups is 3. The van der Waals surface area contributed by atoms with Gasteiger partial charge in [-0.15, -0.1) is 0 Å². The van der Waals surface area contributed by atoms with Crippen LogP contribution in [0.25, 0.3) is 21.5 Å². The molecule has 7 N–H and O–H groups in total. The lowest BCUT2D eigenvalue weighted by atomic mass is 10.1. The van der Waals surface area contributed by atoms with Gasteiger partial charge in [-0.05, 0) is 57.8 Å². The van der Waals surface area contributed by atoms with E-state index in [9.17, 15) is 18.9 Å². The largest absolute Gasteiger partial charge is 0.524 e. The number of fused-ring (bicyclic) bond motifs is 2. The number of aliphatic carboxylic acids is 2. The van der Waals surface area contributed by atoms with Crippen LogP contribution in [0.5, 0.6) is 5.75 Å². The Morgan fingerprint density at radius 2 is 1.26 bits per heavy atom. The van der Waals surface area contributed by atoms with Gasteiger partial charge in [-0.1, -0.05) is 91.0 Å². The Morgan fingerprint density at radius 1 is 0.717 bits per heavy atom. The number of hydrogen-bond acceptors (Lipinski definition) is 6. The van der Waals surface area contributed by atoms with Crippen LogP contribution in [0.3, 0.4) is 0 Å². The molecule has 0 radical (unpaired) electrons. The van der Waals surface area contributed by atoms with Gasteiger partial charge in [0.2, 0.25) is 5.91 Å². The maximum atomic E-state index is 11.6. The fourth-order valence-corrected chi connectivity index (χ4v) is 4.67. The zero-order chi connectivity index (χ0) is 33.5. The molecular weight excluding hydrogens is 611 g/mol. The van der Waals surface area contributed by atoms with Crippen LogP contribution in [-0.4, -0.2) is 43.9 Å². The number of rotatable bonds is 10. The normalized spacial score (nSPS) is 11.3. The van der Waals surface area contributed by atoms with Gasteiger partial charge in [-0.3, -0.25) is 19.4 Å². The lowest BCUT2D eigenvalue weighted by Crippen LogP contribution is -2.42. The number of hydrogen-bond donors (Lipinski definition) is 6. The summed E-state index contributed by atoms with van der Waals surface area (Å²) in [6, 6.07) is 34.5. The molecule has 12 heteroatoms. The topological polar surface area (TPSA) is 196 Å². The van der Waals surface area contributed by atoms with Crippen molar-refractivity contribution >= 4 is 52.9 Å². The molecule has 240 valence electrons.